The van der Waals surface area contributed by atoms with E-state index in [0.717, 1.165) is 15.6 Å². The van der Waals surface area contributed by atoms with Gasteiger partial charge in [0.1, 0.15) is 5.82 Å². The van der Waals surface area contributed by atoms with Crippen molar-refractivity contribution in [1.82, 2.24) is 0 Å². The Morgan fingerprint density at radius 2 is 1.95 bits per heavy atom. The number of aryl methyl sites for hydroxylation is 2. The highest BCUT2D eigenvalue weighted by Gasteiger charge is 2.15. The van der Waals surface area contributed by atoms with Crippen molar-refractivity contribution in [2.75, 3.05) is 0 Å². The summed E-state index contributed by atoms with van der Waals surface area (Å²) in [5.41, 5.74) is 2.59. The first-order chi connectivity index (χ1) is 8.97. The monoisotopic (exact) mass is 320 g/mol. The van der Waals surface area contributed by atoms with Gasteiger partial charge in [-0.1, -0.05) is 34.1 Å². The van der Waals surface area contributed by atoms with Crippen LogP contribution in [0.3, 0.4) is 0 Å². The average molecular weight is 321 g/mol. The van der Waals surface area contributed by atoms with Gasteiger partial charge in [-0.2, -0.15) is 0 Å². The van der Waals surface area contributed by atoms with Crippen LogP contribution in [0.5, 0.6) is 0 Å². The number of ketones is 1. The summed E-state index contributed by atoms with van der Waals surface area (Å²) in [6.45, 7) is 3.59. The maximum atomic E-state index is 13.9. The second-order valence-electron chi connectivity index (χ2n) is 4.67. The highest BCUT2D eigenvalue weighted by molar-refractivity contribution is 9.10. The van der Waals surface area contributed by atoms with Crippen LogP contribution in [0, 0.1) is 19.7 Å². The number of hydrogen-bond donors (Lipinski definition) is 0. The second kappa shape index (κ2) is 5.66. The number of halogens is 2. The van der Waals surface area contributed by atoms with E-state index in [2.05, 4.69) is 15.9 Å². The van der Waals surface area contributed by atoms with Gasteiger partial charge in [0.2, 0.25) is 0 Å². The Labute approximate surface area is 120 Å². The first-order valence-electron chi connectivity index (χ1n) is 6.02. The van der Waals surface area contributed by atoms with Crippen LogP contribution in [-0.2, 0) is 6.42 Å². The van der Waals surface area contributed by atoms with E-state index in [-0.39, 0.29) is 17.8 Å². The van der Waals surface area contributed by atoms with E-state index in [1.165, 1.54) is 6.07 Å². The lowest BCUT2D eigenvalue weighted by atomic mass is 9.97. The summed E-state index contributed by atoms with van der Waals surface area (Å²) in [5, 5.41) is 0. The van der Waals surface area contributed by atoms with Gasteiger partial charge in [0.15, 0.2) is 5.78 Å². The number of carbonyl (C=O) groups is 1. The molecule has 2 aromatic carbocycles. The summed E-state index contributed by atoms with van der Waals surface area (Å²) >= 11 is 3.36. The summed E-state index contributed by atoms with van der Waals surface area (Å²) in [6.07, 6.45) is 0.209. The molecule has 98 valence electrons. The van der Waals surface area contributed by atoms with Crippen molar-refractivity contribution in [2.45, 2.75) is 20.3 Å². The quantitative estimate of drug-likeness (QED) is 0.753. The Balaban J connectivity index is 2.31. The standard InChI is InChI=1S/C16H14BrFO/c1-10-6-11(2)16(14(18)7-10)15(19)9-12-4-3-5-13(17)8-12/h3-8H,9H2,1-2H3. The van der Waals surface area contributed by atoms with Crippen molar-refractivity contribution in [3.05, 3.63) is 68.9 Å². The summed E-state index contributed by atoms with van der Waals surface area (Å²) in [6, 6.07) is 10.7. The third-order valence-corrected chi connectivity index (χ3v) is 3.46. The zero-order valence-corrected chi connectivity index (χ0v) is 12.4. The predicted molar refractivity (Wildman–Crippen MR) is 78.1 cm³/mol. The van der Waals surface area contributed by atoms with Gasteiger partial charge in [0.05, 0.1) is 5.56 Å². The number of carbonyl (C=O) groups excluding carboxylic acids is 1. The molecule has 0 aliphatic rings. The average Bonchev–Trinajstić information content (AvgIpc) is 2.27. The molecule has 19 heavy (non-hydrogen) atoms. The molecule has 0 heterocycles. The first kappa shape index (κ1) is 13.9. The van der Waals surface area contributed by atoms with E-state index in [1.54, 1.807) is 6.92 Å². The van der Waals surface area contributed by atoms with Crippen LogP contribution in [-0.4, -0.2) is 5.78 Å². The summed E-state index contributed by atoms with van der Waals surface area (Å²) in [5.74, 6) is -0.620. The minimum absolute atomic E-state index is 0.187. The molecule has 1 nitrogen and oxygen atoms in total. The molecule has 0 aliphatic heterocycles. The van der Waals surface area contributed by atoms with Gasteiger partial charge in [-0.15, -0.1) is 0 Å². The Bertz CT molecular complexity index is 611. The summed E-state index contributed by atoms with van der Waals surface area (Å²) in [4.78, 5) is 12.2. The molecule has 0 unspecified atom stereocenters. The van der Waals surface area contributed by atoms with Crippen LogP contribution in [0.15, 0.2) is 40.9 Å². The van der Waals surface area contributed by atoms with E-state index in [0.29, 0.717) is 5.56 Å². The molecule has 0 atom stereocenters. The lowest BCUT2D eigenvalue weighted by Crippen LogP contribution is -2.09. The molecule has 0 saturated heterocycles. The van der Waals surface area contributed by atoms with Crippen LogP contribution in [0.1, 0.15) is 27.0 Å². The fourth-order valence-corrected chi connectivity index (χ4v) is 2.64. The summed E-state index contributed by atoms with van der Waals surface area (Å²) in [7, 11) is 0. The Kier molecular flexibility index (Phi) is 4.15. The van der Waals surface area contributed by atoms with E-state index in [9.17, 15) is 9.18 Å². The van der Waals surface area contributed by atoms with E-state index < -0.39 is 5.82 Å². The highest BCUT2D eigenvalue weighted by atomic mass is 79.9. The maximum Gasteiger partial charge on any atom is 0.170 e. The Hall–Kier alpha value is -1.48. The van der Waals surface area contributed by atoms with Crippen LogP contribution < -0.4 is 0 Å². The number of Topliss-reactive ketones (excluding diaryl/α,β-unsaturated/α-hetero) is 1. The maximum absolute atomic E-state index is 13.9. The minimum atomic E-state index is -0.433. The van der Waals surface area contributed by atoms with E-state index in [4.69, 9.17) is 0 Å². The number of benzene rings is 2. The molecule has 0 spiro atoms. The van der Waals surface area contributed by atoms with Crippen molar-refractivity contribution in [3.63, 3.8) is 0 Å². The second-order valence-corrected chi connectivity index (χ2v) is 5.58. The van der Waals surface area contributed by atoms with Gasteiger partial charge in [-0.05, 0) is 48.7 Å². The van der Waals surface area contributed by atoms with Crippen LogP contribution in [0.2, 0.25) is 0 Å². The van der Waals surface area contributed by atoms with Gasteiger partial charge in [-0.25, -0.2) is 4.39 Å². The molecule has 0 saturated carbocycles. The first-order valence-corrected chi connectivity index (χ1v) is 6.81. The van der Waals surface area contributed by atoms with Crippen LogP contribution >= 0.6 is 15.9 Å². The SMILES string of the molecule is Cc1cc(C)c(C(=O)Cc2cccc(Br)c2)c(F)c1. The lowest BCUT2D eigenvalue weighted by Gasteiger charge is -2.08. The van der Waals surface area contributed by atoms with Crippen molar-refractivity contribution in [2.24, 2.45) is 0 Å². The normalized spacial score (nSPS) is 10.5. The van der Waals surface area contributed by atoms with Gasteiger partial charge >= 0.3 is 0 Å². The zero-order valence-electron chi connectivity index (χ0n) is 10.8. The minimum Gasteiger partial charge on any atom is -0.294 e. The topological polar surface area (TPSA) is 17.1 Å². The molecule has 2 rings (SSSR count). The molecule has 0 amide bonds. The molecule has 2 aromatic rings. The molecule has 0 aliphatic carbocycles. The molecule has 0 radical (unpaired) electrons. The molecular weight excluding hydrogens is 307 g/mol. The lowest BCUT2D eigenvalue weighted by molar-refractivity contribution is 0.0988. The van der Waals surface area contributed by atoms with Crippen LogP contribution in [0.25, 0.3) is 0 Å². The number of hydrogen-bond acceptors (Lipinski definition) is 1. The molecule has 0 N–H and O–H groups in total. The fraction of sp³-hybridized carbons (Fsp3) is 0.188. The van der Waals surface area contributed by atoms with Crippen molar-refractivity contribution in [3.8, 4) is 0 Å². The van der Waals surface area contributed by atoms with Gasteiger partial charge < -0.3 is 0 Å². The molecule has 0 bridgehead atoms. The highest BCUT2D eigenvalue weighted by Crippen LogP contribution is 2.19. The largest absolute Gasteiger partial charge is 0.294 e. The van der Waals surface area contributed by atoms with Gasteiger partial charge in [0.25, 0.3) is 0 Å². The third kappa shape index (κ3) is 3.29. The predicted octanol–water partition coefficient (Wildman–Crippen LogP) is 4.63. The van der Waals surface area contributed by atoms with Gasteiger partial charge in [0, 0.05) is 10.9 Å². The van der Waals surface area contributed by atoms with Crippen molar-refractivity contribution < 1.29 is 9.18 Å². The van der Waals surface area contributed by atoms with Crippen molar-refractivity contribution >= 4 is 21.7 Å². The molecule has 3 heteroatoms. The molecular formula is C16H14BrFO. The van der Waals surface area contributed by atoms with Gasteiger partial charge in [-0.3, -0.25) is 4.79 Å². The van der Waals surface area contributed by atoms with Crippen molar-refractivity contribution in [1.29, 1.82) is 0 Å². The Morgan fingerprint density at radius 3 is 2.58 bits per heavy atom. The van der Waals surface area contributed by atoms with E-state index in [1.807, 2.05) is 37.3 Å². The fourth-order valence-electron chi connectivity index (χ4n) is 2.19. The molecule has 0 aromatic heterocycles. The van der Waals surface area contributed by atoms with Crippen LogP contribution in [0.4, 0.5) is 4.39 Å². The Morgan fingerprint density at radius 1 is 1.21 bits per heavy atom. The van der Waals surface area contributed by atoms with E-state index >= 15 is 0 Å². The smallest absolute Gasteiger partial charge is 0.170 e. The third-order valence-electron chi connectivity index (χ3n) is 2.96. The molecule has 0 fully saturated rings. The number of rotatable bonds is 3. The summed E-state index contributed by atoms with van der Waals surface area (Å²) < 4.78 is 14.8. The zero-order chi connectivity index (χ0) is 14.0.